The van der Waals surface area contributed by atoms with Crippen LogP contribution in [-0.4, -0.2) is 21.3 Å². The largest absolute Gasteiger partial charge is 0.349 e. The second-order valence-electron chi connectivity index (χ2n) is 8.92. The first-order valence-electron chi connectivity index (χ1n) is 11.8. The predicted molar refractivity (Wildman–Crippen MR) is 145 cm³/mol. The Hall–Kier alpha value is -4.76. The van der Waals surface area contributed by atoms with Gasteiger partial charge >= 0.3 is 0 Å². The number of nitriles is 1. The molecule has 0 fully saturated rings. The van der Waals surface area contributed by atoms with Crippen LogP contribution in [0.5, 0.6) is 0 Å². The summed E-state index contributed by atoms with van der Waals surface area (Å²) in [4.78, 5) is 2.02. The van der Waals surface area contributed by atoms with Gasteiger partial charge in [-0.3, -0.25) is 5.43 Å². The summed E-state index contributed by atoms with van der Waals surface area (Å²) >= 11 is 0. The van der Waals surface area contributed by atoms with Crippen LogP contribution < -0.4 is 5.43 Å². The zero-order chi connectivity index (χ0) is 24.9. The highest BCUT2D eigenvalue weighted by Gasteiger charge is 2.13. The molecular formula is C30H26N6. The van der Waals surface area contributed by atoms with Gasteiger partial charge in [-0.25, -0.2) is 0 Å². The molecule has 6 heteroatoms. The number of nitrogens with one attached hydrogen (secondary N) is 1. The lowest BCUT2D eigenvalue weighted by Crippen LogP contribution is -2.15. The molecule has 36 heavy (non-hydrogen) atoms. The zero-order valence-corrected chi connectivity index (χ0v) is 20.3. The Kier molecular flexibility index (Phi) is 6.55. The van der Waals surface area contributed by atoms with Crippen LogP contribution in [0.2, 0.25) is 0 Å². The number of benzene rings is 3. The molecule has 2 heterocycles. The topological polar surface area (TPSA) is 77.2 Å². The minimum absolute atomic E-state index is 0.533. The summed E-state index contributed by atoms with van der Waals surface area (Å²) in [5.74, 6) is 0.586. The fourth-order valence-corrected chi connectivity index (χ4v) is 4.26. The SMILES string of the molecule is Cc1ccc(-c2nnc(N/N=C\C3=CN(Cc4ccccc4)C=C(C#N)C3)c3ccccc23)cc1C. The van der Waals surface area contributed by atoms with E-state index in [9.17, 15) is 5.26 Å². The molecule has 0 atom stereocenters. The van der Waals surface area contributed by atoms with Gasteiger partial charge in [-0.2, -0.15) is 10.4 Å². The smallest absolute Gasteiger partial charge is 0.176 e. The molecule has 1 aromatic heterocycles. The molecule has 0 amide bonds. The Morgan fingerprint density at radius 2 is 1.72 bits per heavy atom. The number of hydrazone groups is 1. The number of anilines is 1. The molecule has 0 aliphatic carbocycles. The molecule has 1 N–H and O–H groups in total. The van der Waals surface area contributed by atoms with Crippen molar-refractivity contribution in [2.45, 2.75) is 26.8 Å². The Balaban J connectivity index is 1.38. The highest BCUT2D eigenvalue weighted by Crippen LogP contribution is 2.30. The van der Waals surface area contributed by atoms with Crippen LogP contribution >= 0.6 is 0 Å². The lowest BCUT2D eigenvalue weighted by molar-refractivity contribution is 0.487. The maximum Gasteiger partial charge on any atom is 0.176 e. The first-order valence-corrected chi connectivity index (χ1v) is 11.8. The van der Waals surface area contributed by atoms with Crippen molar-refractivity contribution in [2.24, 2.45) is 5.10 Å². The van der Waals surface area contributed by atoms with E-state index in [2.05, 4.69) is 77.0 Å². The van der Waals surface area contributed by atoms with Crippen LogP contribution in [-0.2, 0) is 6.54 Å². The van der Waals surface area contributed by atoms with Crippen molar-refractivity contribution in [1.29, 1.82) is 5.26 Å². The predicted octanol–water partition coefficient (Wildman–Crippen LogP) is 6.51. The fourth-order valence-electron chi connectivity index (χ4n) is 4.26. The number of fused-ring (bicyclic) bond motifs is 1. The second-order valence-corrected chi connectivity index (χ2v) is 8.92. The number of rotatable bonds is 6. The van der Waals surface area contributed by atoms with Crippen molar-refractivity contribution in [1.82, 2.24) is 15.1 Å². The molecule has 6 nitrogen and oxygen atoms in total. The van der Waals surface area contributed by atoms with Gasteiger partial charge in [-0.05, 0) is 42.2 Å². The summed E-state index contributed by atoms with van der Waals surface area (Å²) in [5.41, 5.74) is 10.2. The standard InChI is InChI=1S/C30H26N6/c1-21-12-13-26(14-22(21)2)29-27-10-6-7-11-28(27)30(35-33-29)34-32-17-25-15-24(16-31)19-36(20-25)18-23-8-4-3-5-9-23/h3-14,17,19-20H,15,18H2,1-2H3,(H,34,35)/b32-17-. The van der Waals surface area contributed by atoms with Crippen LogP contribution in [0, 0.1) is 25.2 Å². The molecular weight excluding hydrogens is 444 g/mol. The molecule has 3 aromatic carbocycles. The quantitative estimate of drug-likeness (QED) is 0.257. The first kappa shape index (κ1) is 23.0. The monoisotopic (exact) mass is 470 g/mol. The van der Waals surface area contributed by atoms with E-state index in [1.54, 1.807) is 6.21 Å². The molecule has 0 radical (unpaired) electrons. The molecule has 0 unspecified atom stereocenters. The van der Waals surface area contributed by atoms with Crippen molar-refractivity contribution in [3.63, 3.8) is 0 Å². The maximum atomic E-state index is 9.52. The number of aryl methyl sites for hydroxylation is 2. The van der Waals surface area contributed by atoms with Crippen molar-refractivity contribution in [2.75, 3.05) is 5.43 Å². The molecule has 5 rings (SSSR count). The van der Waals surface area contributed by atoms with E-state index in [4.69, 9.17) is 0 Å². The average molecular weight is 471 g/mol. The van der Waals surface area contributed by atoms with Gasteiger partial charge in [-0.15, -0.1) is 10.2 Å². The Morgan fingerprint density at radius 1 is 0.944 bits per heavy atom. The summed E-state index contributed by atoms with van der Waals surface area (Å²) < 4.78 is 0. The highest BCUT2D eigenvalue weighted by atomic mass is 15.3. The molecule has 0 saturated carbocycles. The lowest BCUT2D eigenvalue weighted by atomic mass is 10.0. The van der Waals surface area contributed by atoms with Crippen molar-refractivity contribution in [3.8, 4) is 17.3 Å². The Labute approximate surface area is 210 Å². The second kappa shape index (κ2) is 10.2. The number of aromatic nitrogens is 2. The van der Waals surface area contributed by atoms with Crippen LogP contribution in [0.3, 0.4) is 0 Å². The average Bonchev–Trinajstić information content (AvgIpc) is 2.91. The number of allylic oxidation sites excluding steroid dienone is 2. The third-order valence-electron chi connectivity index (χ3n) is 6.27. The van der Waals surface area contributed by atoms with Crippen LogP contribution in [0.25, 0.3) is 22.0 Å². The third kappa shape index (κ3) is 5.01. The van der Waals surface area contributed by atoms with E-state index >= 15 is 0 Å². The van der Waals surface area contributed by atoms with E-state index in [-0.39, 0.29) is 0 Å². The van der Waals surface area contributed by atoms with Gasteiger partial charge in [0.05, 0.1) is 17.9 Å². The van der Waals surface area contributed by atoms with Gasteiger partial charge in [0.25, 0.3) is 0 Å². The summed E-state index contributed by atoms with van der Waals surface area (Å²) in [6, 6.07) is 26.9. The first-order chi connectivity index (χ1) is 17.6. The van der Waals surface area contributed by atoms with Crippen molar-refractivity contribution < 1.29 is 0 Å². The molecule has 0 spiro atoms. The Morgan fingerprint density at radius 3 is 2.50 bits per heavy atom. The van der Waals surface area contributed by atoms with E-state index in [1.807, 2.05) is 53.7 Å². The summed E-state index contributed by atoms with van der Waals surface area (Å²) in [6.07, 6.45) is 6.19. The highest BCUT2D eigenvalue weighted by molar-refractivity contribution is 6.00. The minimum Gasteiger partial charge on any atom is -0.349 e. The molecule has 4 aromatic rings. The van der Waals surface area contributed by atoms with Crippen LogP contribution in [0.1, 0.15) is 23.1 Å². The third-order valence-corrected chi connectivity index (χ3v) is 6.27. The van der Waals surface area contributed by atoms with Crippen LogP contribution in [0.15, 0.2) is 101 Å². The number of hydrogen-bond acceptors (Lipinski definition) is 6. The Bertz CT molecular complexity index is 1540. The minimum atomic E-state index is 0.533. The zero-order valence-electron chi connectivity index (χ0n) is 20.3. The molecule has 176 valence electrons. The number of hydrogen-bond donors (Lipinski definition) is 1. The lowest BCUT2D eigenvalue weighted by Gasteiger charge is -2.21. The molecule has 1 aliphatic heterocycles. The van der Waals surface area contributed by atoms with Gasteiger partial charge in [0.2, 0.25) is 0 Å². The van der Waals surface area contributed by atoms with E-state index < -0.39 is 0 Å². The van der Waals surface area contributed by atoms with Crippen LogP contribution in [0.4, 0.5) is 5.82 Å². The van der Waals surface area contributed by atoms with E-state index in [0.29, 0.717) is 24.4 Å². The summed E-state index contributed by atoms with van der Waals surface area (Å²) in [6.45, 7) is 4.89. The maximum absolute atomic E-state index is 9.52. The molecule has 1 aliphatic rings. The summed E-state index contributed by atoms with van der Waals surface area (Å²) in [7, 11) is 0. The van der Waals surface area contributed by atoms with Gasteiger partial charge in [0, 0.05) is 41.7 Å². The van der Waals surface area contributed by atoms with Gasteiger partial charge in [0.1, 0.15) is 5.69 Å². The molecule has 0 bridgehead atoms. The van der Waals surface area contributed by atoms with Gasteiger partial charge in [-0.1, -0.05) is 66.7 Å². The van der Waals surface area contributed by atoms with Gasteiger partial charge in [0.15, 0.2) is 5.82 Å². The van der Waals surface area contributed by atoms with E-state index in [1.165, 1.54) is 16.7 Å². The number of nitrogens with zero attached hydrogens (tertiary/aromatic N) is 5. The van der Waals surface area contributed by atoms with Crippen molar-refractivity contribution in [3.05, 3.63) is 113 Å². The van der Waals surface area contributed by atoms with Crippen molar-refractivity contribution >= 4 is 22.8 Å². The van der Waals surface area contributed by atoms with Gasteiger partial charge < -0.3 is 4.90 Å². The fraction of sp³-hybridized carbons (Fsp3) is 0.133. The normalized spacial score (nSPS) is 13.4. The summed E-state index contributed by atoms with van der Waals surface area (Å²) in [5, 5.41) is 24.9. The molecule has 0 saturated heterocycles. The van der Waals surface area contributed by atoms with E-state index in [0.717, 1.165) is 27.6 Å².